The van der Waals surface area contributed by atoms with E-state index in [1.807, 2.05) is 0 Å². The Labute approximate surface area is 111 Å². The van der Waals surface area contributed by atoms with Crippen molar-refractivity contribution >= 4 is 26.9 Å². The van der Waals surface area contributed by atoms with Gasteiger partial charge in [-0.1, -0.05) is 29.8 Å². The minimum absolute atomic E-state index is 0.468. The third kappa shape index (κ3) is 2.55. The van der Waals surface area contributed by atoms with Gasteiger partial charge >= 0.3 is 0 Å². The predicted octanol–water partition coefficient (Wildman–Crippen LogP) is 4.31. The van der Waals surface area contributed by atoms with E-state index in [1.54, 1.807) is 0 Å². The highest BCUT2D eigenvalue weighted by molar-refractivity contribution is 9.10. The third-order valence-corrected chi connectivity index (χ3v) is 3.42. The number of benzene rings is 1. The van der Waals surface area contributed by atoms with Crippen molar-refractivity contribution in [2.45, 2.75) is 40.3 Å². The van der Waals surface area contributed by atoms with Gasteiger partial charge in [-0.05, 0) is 37.1 Å². The normalized spacial score (nSPS) is 11.6. The Morgan fingerprint density at radius 3 is 2.65 bits per heavy atom. The predicted molar refractivity (Wildman–Crippen MR) is 75.4 cm³/mol. The number of furan rings is 1. The number of aryl methyl sites for hydroxylation is 2. The van der Waals surface area contributed by atoms with Crippen molar-refractivity contribution in [3.8, 4) is 0 Å². The van der Waals surface area contributed by atoms with Crippen molar-refractivity contribution in [2.75, 3.05) is 0 Å². The fraction of sp³-hybridized carbons (Fsp3) is 0.429. The minimum Gasteiger partial charge on any atom is -0.459 e. The van der Waals surface area contributed by atoms with Crippen LogP contribution in [0.2, 0.25) is 0 Å². The Bertz CT molecular complexity index is 543. The highest BCUT2D eigenvalue weighted by Crippen LogP contribution is 2.30. The van der Waals surface area contributed by atoms with E-state index in [2.05, 4.69) is 61.1 Å². The number of rotatable bonds is 3. The molecule has 92 valence electrons. The Morgan fingerprint density at radius 1 is 1.29 bits per heavy atom. The first kappa shape index (κ1) is 12.7. The maximum Gasteiger partial charge on any atom is 0.137 e. The van der Waals surface area contributed by atoms with E-state index in [0.29, 0.717) is 6.04 Å². The van der Waals surface area contributed by atoms with Crippen LogP contribution in [0.1, 0.15) is 30.7 Å². The smallest absolute Gasteiger partial charge is 0.137 e. The zero-order chi connectivity index (χ0) is 12.6. The molecule has 2 aromatic rings. The van der Waals surface area contributed by atoms with E-state index in [4.69, 9.17) is 4.42 Å². The van der Waals surface area contributed by atoms with Gasteiger partial charge in [0.25, 0.3) is 0 Å². The van der Waals surface area contributed by atoms with Crippen molar-refractivity contribution in [1.82, 2.24) is 5.32 Å². The van der Waals surface area contributed by atoms with Crippen LogP contribution in [0.5, 0.6) is 0 Å². The molecule has 0 aliphatic rings. The molecule has 0 spiro atoms. The molecule has 0 bridgehead atoms. The Hall–Kier alpha value is -0.800. The fourth-order valence-corrected chi connectivity index (χ4v) is 2.53. The summed E-state index contributed by atoms with van der Waals surface area (Å²) in [6, 6.07) is 4.68. The lowest BCUT2D eigenvalue weighted by molar-refractivity contribution is 0.484. The van der Waals surface area contributed by atoms with Gasteiger partial charge in [0, 0.05) is 15.9 Å². The van der Waals surface area contributed by atoms with Crippen LogP contribution in [0.25, 0.3) is 11.0 Å². The molecule has 1 aromatic heterocycles. The van der Waals surface area contributed by atoms with E-state index in [0.717, 1.165) is 22.4 Å². The monoisotopic (exact) mass is 295 g/mol. The molecule has 17 heavy (non-hydrogen) atoms. The van der Waals surface area contributed by atoms with Crippen molar-refractivity contribution in [1.29, 1.82) is 0 Å². The molecule has 0 radical (unpaired) electrons. The molecule has 2 nitrogen and oxygen atoms in total. The van der Waals surface area contributed by atoms with Crippen molar-refractivity contribution < 1.29 is 4.42 Å². The number of fused-ring (bicyclic) bond motifs is 1. The average molecular weight is 296 g/mol. The maximum absolute atomic E-state index is 5.95. The Kier molecular flexibility index (Phi) is 3.59. The quantitative estimate of drug-likeness (QED) is 0.913. The van der Waals surface area contributed by atoms with Crippen LogP contribution in [0.15, 0.2) is 21.0 Å². The van der Waals surface area contributed by atoms with Gasteiger partial charge in [0.2, 0.25) is 0 Å². The summed E-state index contributed by atoms with van der Waals surface area (Å²) in [6.07, 6.45) is 0. The van der Waals surface area contributed by atoms with Crippen molar-refractivity contribution in [3.63, 3.8) is 0 Å². The van der Waals surface area contributed by atoms with Crippen LogP contribution in [0.4, 0.5) is 0 Å². The molecule has 3 heteroatoms. The summed E-state index contributed by atoms with van der Waals surface area (Å²) in [5.74, 6) is 1.04. The average Bonchev–Trinajstić information content (AvgIpc) is 2.54. The SMILES string of the molecule is Cc1c(CNC(C)C)oc2c(C)cc(Br)cc12. The molecular formula is C14H18BrNO. The Balaban J connectivity index is 2.45. The van der Waals surface area contributed by atoms with Crippen LogP contribution < -0.4 is 5.32 Å². The maximum atomic E-state index is 5.95. The molecule has 0 aliphatic heterocycles. The summed E-state index contributed by atoms with van der Waals surface area (Å²) < 4.78 is 7.06. The molecule has 0 unspecified atom stereocenters. The Morgan fingerprint density at radius 2 is 2.00 bits per heavy atom. The minimum atomic E-state index is 0.468. The van der Waals surface area contributed by atoms with Gasteiger partial charge in [-0.15, -0.1) is 0 Å². The van der Waals surface area contributed by atoms with Crippen molar-refractivity contribution in [3.05, 3.63) is 33.5 Å². The van der Waals surface area contributed by atoms with Crippen LogP contribution in [0, 0.1) is 13.8 Å². The highest BCUT2D eigenvalue weighted by Gasteiger charge is 2.12. The fourth-order valence-electron chi connectivity index (χ4n) is 1.96. The first-order chi connectivity index (χ1) is 7.99. The van der Waals surface area contributed by atoms with Gasteiger partial charge in [-0.25, -0.2) is 0 Å². The second-order valence-electron chi connectivity index (χ2n) is 4.79. The molecule has 2 rings (SSSR count). The number of hydrogen-bond acceptors (Lipinski definition) is 2. The van der Waals surface area contributed by atoms with E-state index in [1.165, 1.54) is 16.5 Å². The summed E-state index contributed by atoms with van der Waals surface area (Å²) in [6.45, 7) is 9.26. The van der Waals surface area contributed by atoms with Crippen LogP contribution >= 0.6 is 15.9 Å². The summed E-state index contributed by atoms with van der Waals surface area (Å²) >= 11 is 3.53. The van der Waals surface area contributed by atoms with Crippen molar-refractivity contribution in [2.24, 2.45) is 0 Å². The van der Waals surface area contributed by atoms with E-state index in [9.17, 15) is 0 Å². The number of halogens is 1. The molecule has 0 saturated carbocycles. The first-order valence-electron chi connectivity index (χ1n) is 5.90. The number of hydrogen-bond donors (Lipinski definition) is 1. The molecule has 1 heterocycles. The van der Waals surface area contributed by atoms with E-state index < -0.39 is 0 Å². The second-order valence-corrected chi connectivity index (χ2v) is 5.70. The van der Waals surface area contributed by atoms with Crippen LogP contribution in [-0.4, -0.2) is 6.04 Å². The largest absolute Gasteiger partial charge is 0.459 e. The molecule has 1 aromatic carbocycles. The van der Waals surface area contributed by atoms with E-state index >= 15 is 0 Å². The van der Waals surface area contributed by atoms with Gasteiger partial charge < -0.3 is 9.73 Å². The zero-order valence-corrected chi connectivity index (χ0v) is 12.3. The van der Waals surface area contributed by atoms with Crippen LogP contribution in [0.3, 0.4) is 0 Å². The van der Waals surface area contributed by atoms with Gasteiger partial charge in [0.1, 0.15) is 11.3 Å². The first-order valence-corrected chi connectivity index (χ1v) is 6.70. The standard InChI is InChI=1S/C14H18BrNO/c1-8(2)16-7-13-10(4)12-6-11(15)5-9(3)14(12)17-13/h5-6,8,16H,7H2,1-4H3. The van der Waals surface area contributed by atoms with Gasteiger partial charge in [-0.2, -0.15) is 0 Å². The van der Waals surface area contributed by atoms with E-state index in [-0.39, 0.29) is 0 Å². The lowest BCUT2D eigenvalue weighted by Gasteiger charge is -2.05. The summed E-state index contributed by atoms with van der Waals surface area (Å²) in [5.41, 5.74) is 3.41. The topological polar surface area (TPSA) is 25.2 Å². The van der Waals surface area contributed by atoms with Gasteiger partial charge in [-0.3, -0.25) is 0 Å². The zero-order valence-electron chi connectivity index (χ0n) is 10.7. The van der Waals surface area contributed by atoms with Gasteiger partial charge in [0.05, 0.1) is 6.54 Å². The summed E-state index contributed by atoms with van der Waals surface area (Å²) in [4.78, 5) is 0. The highest BCUT2D eigenvalue weighted by atomic mass is 79.9. The third-order valence-electron chi connectivity index (χ3n) is 2.96. The lowest BCUT2D eigenvalue weighted by atomic mass is 10.1. The molecule has 1 N–H and O–H groups in total. The number of nitrogens with one attached hydrogen (secondary N) is 1. The molecule has 0 fully saturated rings. The summed E-state index contributed by atoms with van der Waals surface area (Å²) in [5, 5.41) is 4.60. The molecule has 0 saturated heterocycles. The summed E-state index contributed by atoms with van der Waals surface area (Å²) in [7, 11) is 0. The molecular weight excluding hydrogens is 278 g/mol. The van der Waals surface area contributed by atoms with Gasteiger partial charge in [0.15, 0.2) is 0 Å². The lowest BCUT2D eigenvalue weighted by Crippen LogP contribution is -2.21. The molecule has 0 aliphatic carbocycles. The molecule has 0 atom stereocenters. The molecule has 0 amide bonds. The second kappa shape index (κ2) is 4.83. The van der Waals surface area contributed by atoms with Crippen LogP contribution in [-0.2, 0) is 6.54 Å².